The van der Waals surface area contributed by atoms with Crippen LogP contribution in [0.5, 0.6) is 0 Å². The average Bonchev–Trinajstić information content (AvgIpc) is 3.08. The Morgan fingerprint density at radius 3 is 1.76 bits per heavy atom. The Bertz CT molecular complexity index is 580. The van der Waals surface area contributed by atoms with Gasteiger partial charge >= 0.3 is 0 Å². The third-order valence-corrected chi connectivity index (χ3v) is 7.66. The highest BCUT2D eigenvalue weighted by Gasteiger charge is 2.34. The van der Waals surface area contributed by atoms with Crippen LogP contribution in [-0.2, 0) is 4.43 Å². The smallest absolute Gasteiger partial charge is 0.252 e. The Hall–Kier alpha value is -1.90. The molecule has 0 unspecified atom stereocenters. The molecule has 2 heteroatoms. The maximum atomic E-state index is 6.52. The molecule has 0 radical (unpaired) electrons. The summed E-state index contributed by atoms with van der Waals surface area (Å²) in [6.07, 6.45) is 8.59. The van der Waals surface area contributed by atoms with Gasteiger partial charge in [0, 0.05) is 12.5 Å². The lowest BCUT2D eigenvalue weighted by atomic mass is 10.2. The van der Waals surface area contributed by atoms with Gasteiger partial charge in [-0.1, -0.05) is 85.0 Å². The second kappa shape index (κ2) is 6.25. The number of hydrogen-bond donors (Lipinski definition) is 0. The van der Waals surface area contributed by atoms with Crippen LogP contribution in [0.3, 0.4) is 0 Å². The molecule has 0 atom stereocenters. The summed E-state index contributed by atoms with van der Waals surface area (Å²) in [4.78, 5) is 0. The molecule has 0 fully saturated rings. The van der Waals surface area contributed by atoms with Gasteiger partial charge in [0.1, 0.15) is 0 Å². The van der Waals surface area contributed by atoms with E-state index in [1.54, 1.807) is 0 Å². The molecule has 2 aromatic rings. The van der Waals surface area contributed by atoms with Crippen LogP contribution in [0.4, 0.5) is 0 Å². The topological polar surface area (TPSA) is 9.23 Å². The summed E-state index contributed by atoms with van der Waals surface area (Å²) in [5.74, 6) is 0.407. The van der Waals surface area contributed by atoms with Crippen molar-refractivity contribution in [3.63, 3.8) is 0 Å². The van der Waals surface area contributed by atoms with Crippen molar-refractivity contribution in [1.29, 1.82) is 0 Å². The minimum atomic E-state index is -2.14. The van der Waals surface area contributed by atoms with Gasteiger partial charge in [0.05, 0.1) is 0 Å². The van der Waals surface area contributed by atoms with Crippen LogP contribution in [0.1, 0.15) is 0 Å². The van der Waals surface area contributed by atoms with E-state index in [0.29, 0.717) is 5.92 Å². The first-order valence-electron chi connectivity index (χ1n) is 7.39. The Balaban J connectivity index is 1.91. The first kappa shape index (κ1) is 14.1. The van der Waals surface area contributed by atoms with Gasteiger partial charge in [-0.05, 0) is 16.9 Å². The molecule has 2 aromatic carbocycles. The van der Waals surface area contributed by atoms with E-state index in [9.17, 15) is 0 Å². The van der Waals surface area contributed by atoms with Gasteiger partial charge in [0.15, 0.2) is 0 Å². The van der Waals surface area contributed by atoms with Gasteiger partial charge in [-0.25, -0.2) is 0 Å². The van der Waals surface area contributed by atoms with E-state index >= 15 is 0 Å². The van der Waals surface area contributed by atoms with E-state index < -0.39 is 8.32 Å². The van der Waals surface area contributed by atoms with Crippen LogP contribution >= 0.6 is 0 Å². The molecule has 1 aliphatic rings. The number of rotatable bonds is 5. The highest BCUT2D eigenvalue weighted by molar-refractivity contribution is 6.96. The first-order valence-corrected chi connectivity index (χ1v) is 9.80. The van der Waals surface area contributed by atoms with E-state index in [4.69, 9.17) is 4.43 Å². The summed E-state index contributed by atoms with van der Waals surface area (Å²) < 4.78 is 6.52. The zero-order valence-electron chi connectivity index (χ0n) is 12.3. The molecule has 0 aliphatic heterocycles. The Morgan fingerprint density at radius 2 is 1.29 bits per heavy atom. The molecule has 0 amide bonds. The Kier molecular flexibility index (Phi) is 4.18. The van der Waals surface area contributed by atoms with Gasteiger partial charge in [-0.15, -0.1) is 0 Å². The van der Waals surface area contributed by atoms with Crippen LogP contribution in [0.15, 0.2) is 85.0 Å². The van der Waals surface area contributed by atoms with E-state index in [1.165, 1.54) is 10.4 Å². The van der Waals surface area contributed by atoms with E-state index in [0.717, 1.165) is 6.61 Å². The number of hydrogen-bond acceptors (Lipinski definition) is 1. The Labute approximate surface area is 127 Å². The minimum Gasteiger partial charge on any atom is -0.407 e. The number of benzene rings is 2. The summed E-state index contributed by atoms with van der Waals surface area (Å²) >= 11 is 0. The fourth-order valence-electron chi connectivity index (χ4n) is 2.70. The Morgan fingerprint density at radius 1 is 0.810 bits per heavy atom. The van der Waals surface area contributed by atoms with Crippen LogP contribution in [0.25, 0.3) is 0 Å². The maximum absolute atomic E-state index is 6.52. The third-order valence-electron chi connectivity index (χ3n) is 4.04. The quantitative estimate of drug-likeness (QED) is 0.769. The molecule has 0 N–H and O–H groups in total. The summed E-state index contributed by atoms with van der Waals surface area (Å²) in [7, 11) is -2.14. The van der Waals surface area contributed by atoms with Crippen molar-refractivity contribution in [2.75, 3.05) is 6.61 Å². The van der Waals surface area contributed by atoms with E-state index in [2.05, 4.69) is 91.5 Å². The lowest BCUT2D eigenvalue weighted by Crippen LogP contribution is -2.58. The predicted molar refractivity (Wildman–Crippen MR) is 91.5 cm³/mol. The van der Waals surface area contributed by atoms with Crippen LogP contribution in [-0.4, -0.2) is 14.9 Å². The van der Waals surface area contributed by atoms with Crippen LogP contribution < -0.4 is 10.4 Å². The molecular weight excluding hydrogens is 272 g/mol. The zero-order chi connectivity index (χ0) is 14.5. The zero-order valence-corrected chi connectivity index (χ0v) is 13.3. The molecule has 0 bridgehead atoms. The van der Waals surface area contributed by atoms with Crippen molar-refractivity contribution in [2.24, 2.45) is 5.92 Å². The SMILES string of the molecule is C[Si](OCC1C=CC=C1)(c1ccccc1)c1ccccc1. The molecular formula is C19H20OSi. The molecule has 0 aromatic heterocycles. The third kappa shape index (κ3) is 3.07. The van der Waals surface area contributed by atoms with Crippen molar-refractivity contribution in [3.05, 3.63) is 85.0 Å². The fraction of sp³-hybridized carbons (Fsp3) is 0.158. The highest BCUT2D eigenvalue weighted by atomic mass is 28.4. The average molecular weight is 292 g/mol. The highest BCUT2D eigenvalue weighted by Crippen LogP contribution is 2.14. The van der Waals surface area contributed by atoms with Crippen molar-refractivity contribution in [3.8, 4) is 0 Å². The molecule has 0 saturated heterocycles. The van der Waals surface area contributed by atoms with Crippen molar-refractivity contribution in [2.45, 2.75) is 6.55 Å². The summed E-state index contributed by atoms with van der Waals surface area (Å²) in [5, 5.41) is 2.64. The van der Waals surface area contributed by atoms with Gasteiger partial charge in [0.25, 0.3) is 8.32 Å². The molecule has 1 aliphatic carbocycles. The lowest BCUT2D eigenvalue weighted by Gasteiger charge is -2.29. The van der Waals surface area contributed by atoms with Crippen LogP contribution in [0.2, 0.25) is 6.55 Å². The molecule has 3 rings (SSSR count). The van der Waals surface area contributed by atoms with Gasteiger partial charge in [-0.3, -0.25) is 0 Å². The minimum absolute atomic E-state index is 0.407. The molecule has 0 saturated carbocycles. The molecule has 21 heavy (non-hydrogen) atoms. The molecule has 0 heterocycles. The molecule has 0 spiro atoms. The van der Waals surface area contributed by atoms with Gasteiger partial charge < -0.3 is 4.43 Å². The summed E-state index contributed by atoms with van der Waals surface area (Å²) in [5.41, 5.74) is 0. The standard InChI is InChI=1S/C19H20OSi/c1-21(18-12-4-2-5-13-18,19-14-6-3-7-15-19)20-16-17-10-8-9-11-17/h2-15,17H,16H2,1H3. The first-order chi connectivity index (χ1) is 10.3. The fourth-order valence-corrected chi connectivity index (χ4v) is 5.55. The predicted octanol–water partition coefficient (Wildman–Crippen LogP) is 3.13. The normalized spacial score (nSPS) is 14.7. The lowest BCUT2D eigenvalue weighted by molar-refractivity contribution is 0.299. The summed E-state index contributed by atoms with van der Waals surface area (Å²) in [6.45, 7) is 3.04. The van der Waals surface area contributed by atoms with E-state index in [-0.39, 0.29) is 0 Å². The second-order valence-electron chi connectivity index (χ2n) is 5.51. The molecule has 1 nitrogen and oxygen atoms in total. The van der Waals surface area contributed by atoms with Crippen molar-refractivity contribution >= 4 is 18.7 Å². The maximum Gasteiger partial charge on any atom is 0.252 e. The van der Waals surface area contributed by atoms with Crippen molar-refractivity contribution in [1.82, 2.24) is 0 Å². The van der Waals surface area contributed by atoms with Crippen molar-refractivity contribution < 1.29 is 4.43 Å². The monoisotopic (exact) mass is 292 g/mol. The number of allylic oxidation sites excluding steroid dienone is 2. The van der Waals surface area contributed by atoms with Gasteiger partial charge in [-0.2, -0.15) is 0 Å². The van der Waals surface area contributed by atoms with Crippen LogP contribution in [0, 0.1) is 5.92 Å². The van der Waals surface area contributed by atoms with E-state index in [1.807, 2.05) is 0 Å². The van der Waals surface area contributed by atoms with Gasteiger partial charge in [0.2, 0.25) is 0 Å². The largest absolute Gasteiger partial charge is 0.407 e. The summed E-state index contributed by atoms with van der Waals surface area (Å²) in [6, 6.07) is 21.3. The molecule has 106 valence electrons. The second-order valence-corrected chi connectivity index (χ2v) is 9.02.